The van der Waals surface area contributed by atoms with Gasteiger partial charge < -0.3 is 0 Å². The van der Waals surface area contributed by atoms with Gasteiger partial charge in [-0.2, -0.15) is 5.10 Å². The number of hydrogen-bond donors (Lipinski definition) is 1. The number of Topliss-reactive ketones (excluding diaryl/α,β-unsaturated/α-hetero) is 1. The maximum Gasteiger partial charge on any atom is 0.255 e. The Morgan fingerprint density at radius 2 is 2.14 bits per heavy atom. The smallest absolute Gasteiger partial charge is 0.255 e. The number of ketones is 1. The molecule has 0 aromatic carbocycles. The Hall–Kier alpha value is -2.24. The van der Waals surface area contributed by atoms with Gasteiger partial charge in [-0.05, 0) is 18.9 Å². The average molecular weight is 286 g/mol. The highest BCUT2D eigenvalue weighted by atomic mass is 16.1. The summed E-state index contributed by atoms with van der Waals surface area (Å²) >= 11 is 0. The van der Waals surface area contributed by atoms with Gasteiger partial charge in [0.1, 0.15) is 5.78 Å². The van der Waals surface area contributed by atoms with E-state index in [4.69, 9.17) is 0 Å². The molecule has 2 aromatic rings. The van der Waals surface area contributed by atoms with E-state index in [9.17, 15) is 9.59 Å². The van der Waals surface area contributed by atoms with E-state index in [1.807, 2.05) is 0 Å². The lowest BCUT2D eigenvalue weighted by atomic mass is 9.84. The molecule has 1 N–H and O–H groups in total. The normalized spacial score (nSPS) is 16.0. The van der Waals surface area contributed by atoms with Crippen LogP contribution in [0.1, 0.15) is 37.7 Å². The minimum atomic E-state index is -0.264. The number of rotatable bonds is 4. The maximum atomic E-state index is 12.2. The highest BCUT2D eigenvalue weighted by Crippen LogP contribution is 2.25. The van der Waals surface area contributed by atoms with Crippen LogP contribution in [-0.4, -0.2) is 25.5 Å². The van der Waals surface area contributed by atoms with E-state index in [1.165, 1.54) is 17.3 Å². The molecule has 6 nitrogen and oxygen atoms in total. The van der Waals surface area contributed by atoms with Crippen LogP contribution in [0.2, 0.25) is 0 Å². The fourth-order valence-electron chi connectivity index (χ4n) is 2.80. The molecule has 0 atom stereocenters. The largest absolute Gasteiger partial charge is 0.299 e. The van der Waals surface area contributed by atoms with Crippen LogP contribution in [0.15, 0.2) is 29.5 Å². The van der Waals surface area contributed by atoms with E-state index in [2.05, 4.69) is 15.1 Å². The summed E-state index contributed by atoms with van der Waals surface area (Å²) in [5, 5.41) is 4.01. The first-order valence-corrected chi connectivity index (χ1v) is 7.35. The molecule has 110 valence electrons. The zero-order valence-corrected chi connectivity index (χ0v) is 11.8. The van der Waals surface area contributed by atoms with Crippen molar-refractivity contribution in [3.05, 3.63) is 40.6 Å². The third-order valence-corrected chi connectivity index (χ3v) is 4.01. The summed E-state index contributed by atoms with van der Waals surface area (Å²) in [4.78, 5) is 31.1. The van der Waals surface area contributed by atoms with Gasteiger partial charge in [0, 0.05) is 36.5 Å². The molecule has 1 aliphatic carbocycles. The zero-order chi connectivity index (χ0) is 14.7. The van der Waals surface area contributed by atoms with Crippen LogP contribution in [0, 0.1) is 5.92 Å². The lowest BCUT2D eigenvalue weighted by Crippen LogP contribution is -2.24. The predicted octanol–water partition coefficient (Wildman–Crippen LogP) is 1.65. The Balaban J connectivity index is 1.74. The van der Waals surface area contributed by atoms with Gasteiger partial charge in [-0.3, -0.25) is 14.6 Å². The fraction of sp³-hybridized carbons (Fsp3) is 0.467. The quantitative estimate of drug-likeness (QED) is 0.926. The number of hydrogen-bond acceptors (Lipinski definition) is 4. The molecule has 2 heterocycles. The molecule has 1 saturated carbocycles. The molecule has 0 radical (unpaired) electrons. The van der Waals surface area contributed by atoms with E-state index < -0.39 is 0 Å². The minimum Gasteiger partial charge on any atom is -0.299 e. The number of aromatic amines is 1. The Morgan fingerprint density at radius 1 is 1.33 bits per heavy atom. The molecular formula is C15H18N4O2. The molecule has 6 heteroatoms. The SMILES string of the molecule is O=C(Cc1cnc(-n2cccn2)[nH]c1=O)C1CCCCC1. The number of nitrogens with zero attached hydrogens (tertiary/aromatic N) is 3. The van der Waals surface area contributed by atoms with Gasteiger partial charge in [0.05, 0.1) is 0 Å². The van der Waals surface area contributed by atoms with Gasteiger partial charge in [0.2, 0.25) is 5.95 Å². The molecule has 2 aromatic heterocycles. The minimum absolute atomic E-state index is 0.115. The summed E-state index contributed by atoms with van der Waals surface area (Å²) in [6.45, 7) is 0. The summed E-state index contributed by atoms with van der Waals surface area (Å²) in [7, 11) is 0. The molecule has 1 aliphatic rings. The lowest BCUT2D eigenvalue weighted by molar-refractivity contribution is -0.123. The molecule has 3 rings (SSSR count). The van der Waals surface area contributed by atoms with Crippen molar-refractivity contribution in [1.29, 1.82) is 0 Å². The van der Waals surface area contributed by atoms with Crippen molar-refractivity contribution in [3.63, 3.8) is 0 Å². The Bertz CT molecular complexity index is 669. The predicted molar refractivity (Wildman–Crippen MR) is 77.3 cm³/mol. The van der Waals surface area contributed by atoms with Crippen LogP contribution in [0.3, 0.4) is 0 Å². The topological polar surface area (TPSA) is 80.6 Å². The van der Waals surface area contributed by atoms with Gasteiger partial charge in [-0.25, -0.2) is 9.67 Å². The van der Waals surface area contributed by atoms with Crippen LogP contribution in [0.5, 0.6) is 0 Å². The van der Waals surface area contributed by atoms with Crippen molar-refractivity contribution in [1.82, 2.24) is 19.7 Å². The van der Waals surface area contributed by atoms with Crippen molar-refractivity contribution in [2.45, 2.75) is 38.5 Å². The first kappa shape index (κ1) is 13.7. The highest BCUT2D eigenvalue weighted by Gasteiger charge is 2.22. The lowest BCUT2D eigenvalue weighted by Gasteiger charge is -2.19. The highest BCUT2D eigenvalue weighted by molar-refractivity contribution is 5.83. The summed E-state index contributed by atoms with van der Waals surface area (Å²) in [6.07, 6.45) is 10.3. The van der Waals surface area contributed by atoms with Crippen molar-refractivity contribution < 1.29 is 4.79 Å². The number of carbonyl (C=O) groups is 1. The standard InChI is InChI=1S/C15H18N4O2/c20-13(11-5-2-1-3-6-11)9-12-10-16-15(18-14(12)21)19-8-4-7-17-19/h4,7-8,10-11H,1-3,5-6,9H2,(H,16,18,21). The Labute approximate surface area is 122 Å². The van der Waals surface area contributed by atoms with Crippen LogP contribution >= 0.6 is 0 Å². The monoisotopic (exact) mass is 286 g/mol. The van der Waals surface area contributed by atoms with Gasteiger partial charge in [-0.1, -0.05) is 19.3 Å². The fourth-order valence-corrected chi connectivity index (χ4v) is 2.80. The zero-order valence-electron chi connectivity index (χ0n) is 11.8. The first-order valence-electron chi connectivity index (χ1n) is 7.35. The molecule has 0 bridgehead atoms. The van der Waals surface area contributed by atoms with E-state index in [0.29, 0.717) is 11.5 Å². The number of nitrogens with one attached hydrogen (secondary N) is 1. The molecule has 0 aliphatic heterocycles. The van der Waals surface area contributed by atoms with Crippen LogP contribution in [0.4, 0.5) is 0 Å². The number of carbonyl (C=O) groups excluding carboxylic acids is 1. The first-order chi connectivity index (χ1) is 10.2. The Morgan fingerprint density at radius 3 is 2.81 bits per heavy atom. The van der Waals surface area contributed by atoms with Crippen LogP contribution in [0.25, 0.3) is 5.95 Å². The van der Waals surface area contributed by atoms with Crippen LogP contribution < -0.4 is 5.56 Å². The van der Waals surface area contributed by atoms with Crippen molar-refractivity contribution >= 4 is 5.78 Å². The maximum absolute atomic E-state index is 12.2. The van der Waals surface area contributed by atoms with E-state index in [1.54, 1.807) is 18.5 Å². The van der Waals surface area contributed by atoms with Crippen molar-refractivity contribution in [3.8, 4) is 5.95 Å². The van der Waals surface area contributed by atoms with Gasteiger partial charge in [-0.15, -0.1) is 0 Å². The van der Waals surface area contributed by atoms with Crippen molar-refractivity contribution in [2.75, 3.05) is 0 Å². The number of aromatic nitrogens is 4. The molecule has 21 heavy (non-hydrogen) atoms. The second-order valence-corrected chi connectivity index (χ2v) is 5.49. The van der Waals surface area contributed by atoms with Gasteiger partial charge in [0.15, 0.2) is 0 Å². The van der Waals surface area contributed by atoms with Crippen LogP contribution in [-0.2, 0) is 11.2 Å². The third-order valence-electron chi connectivity index (χ3n) is 4.01. The summed E-state index contributed by atoms with van der Waals surface area (Å²) in [6, 6.07) is 1.75. The van der Waals surface area contributed by atoms with E-state index >= 15 is 0 Å². The summed E-state index contributed by atoms with van der Waals surface area (Å²) < 4.78 is 1.48. The van der Waals surface area contributed by atoms with E-state index in [-0.39, 0.29) is 23.7 Å². The Kier molecular flexibility index (Phi) is 3.94. The summed E-state index contributed by atoms with van der Waals surface area (Å²) in [5.41, 5.74) is 0.168. The molecule has 0 spiro atoms. The third kappa shape index (κ3) is 3.09. The number of H-pyrrole nitrogens is 1. The molecule has 0 amide bonds. The van der Waals surface area contributed by atoms with E-state index in [0.717, 1.165) is 25.7 Å². The molecule has 0 saturated heterocycles. The molecule has 0 unspecified atom stereocenters. The second kappa shape index (κ2) is 6.03. The molecular weight excluding hydrogens is 268 g/mol. The van der Waals surface area contributed by atoms with Gasteiger partial charge >= 0.3 is 0 Å². The summed E-state index contributed by atoms with van der Waals surface area (Å²) in [5.74, 6) is 0.636. The second-order valence-electron chi connectivity index (χ2n) is 5.49. The van der Waals surface area contributed by atoms with Crippen molar-refractivity contribution in [2.24, 2.45) is 5.92 Å². The average Bonchev–Trinajstić information content (AvgIpc) is 3.04. The molecule has 1 fully saturated rings. The van der Waals surface area contributed by atoms with Gasteiger partial charge in [0.25, 0.3) is 5.56 Å².